The Hall–Kier alpha value is -1.01. The highest BCUT2D eigenvalue weighted by atomic mass is 35.5. The number of hydrogen-bond acceptors (Lipinski definition) is 4. The van der Waals surface area contributed by atoms with Gasteiger partial charge in [0.2, 0.25) is 5.91 Å². The van der Waals surface area contributed by atoms with Crippen LogP contribution in [0.1, 0.15) is 31.2 Å². The Morgan fingerprint density at radius 3 is 2.46 bits per heavy atom. The third-order valence-electron chi connectivity index (χ3n) is 4.46. The van der Waals surface area contributed by atoms with E-state index < -0.39 is 0 Å². The number of halogens is 2. The Labute approximate surface area is 170 Å². The van der Waals surface area contributed by atoms with E-state index in [1.165, 1.54) is 12.8 Å². The zero-order valence-electron chi connectivity index (χ0n) is 15.8. The molecule has 2 rings (SSSR count). The van der Waals surface area contributed by atoms with Crippen LogP contribution >= 0.6 is 24.8 Å². The maximum absolute atomic E-state index is 12.0. The van der Waals surface area contributed by atoms with E-state index in [4.69, 9.17) is 4.74 Å². The van der Waals surface area contributed by atoms with Crippen molar-refractivity contribution >= 4 is 30.7 Å². The van der Waals surface area contributed by atoms with Crippen LogP contribution in [0.3, 0.4) is 0 Å². The van der Waals surface area contributed by atoms with E-state index in [1.54, 1.807) is 0 Å². The van der Waals surface area contributed by atoms with Crippen molar-refractivity contribution in [1.29, 1.82) is 0 Å². The van der Waals surface area contributed by atoms with Crippen molar-refractivity contribution in [2.75, 3.05) is 40.3 Å². The number of rotatable bonds is 9. The molecule has 1 amide bonds. The molecule has 0 radical (unpaired) electrons. The lowest BCUT2D eigenvalue weighted by Gasteiger charge is -2.22. The van der Waals surface area contributed by atoms with Crippen LogP contribution in [0, 0.1) is 5.92 Å². The molecule has 0 bridgehead atoms. The lowest BCUT2D eigenvalue weighted by molar-refractivity contribution is -0.121. The fraction of sp³-hybridized carbons (Fsp3) is 0.632. The highest BCUT2D eigenvalue weighted by molar-refractivity contribution is 5.85. The zero-order valence-corrected chi connectivity index (χ0v) is 17.5. The maximum atomic E-state index is 12.0. The van der Waals surface area contributed by atoms with Crippen molar-refractivity contribution in [3.63, 3.8) is 0 Å². The molecule has 26 heavy (non-hydrogen) atoms. The van der Waals surface area contributed by atoms with Crippen molar-refractivity contribution in [2.24, 2.45) is 5.92 Å². The molecule has 0 spiro atoms. The summed E-state index contributed by atoms with van der Waals surface area (Å²) in [5.74, 6) is 1.73. The van der Waals surface area contributed by atoms with Crippen molar-refractivity contribution in [3.8, 4) is 5.75 Å². The number of likely N-dealkylation sites (N-methyl/N-ethyl adjacent to an activating group) is 1. The van der Waals surface area contributed by atoms with Crippen LogP contribution in [0.4, 0.5) is 0 Å². The summed E-state index contributed by atoms with van der Waals surface area (Å²) < 4.78 is 5.67. The van der Waals surface area contributed by atoms with Gasteiger partial charge in [-0.2, -0.15) is 0 Å². The van der Waals surface area contributed by atoms with E-state index in [0.717, 1.165) is 37.4 Å². The second-order valence-corrected chi connectivity index (χ2v) is 6.80. The molecule has 0 saturated carbocycles. The van der Waals surface area contributed by atoms with Crippen LogP contribution in [0.25, 0.3) is 0 Å². The molecule has 150 valence electrons. The van der Waals surface area contributed by atoms with E-state index in [2.05, 4.69) is 15.5 Å². The number of hydrogen-bond donors (Lipinski definition) is 2. The number of nitrogens with zero attached hydrogens (tertiary/aromatic N) is 1. The molecular formula is C19H33Cl2N3O2. The van der Waals surface area contributed by atoms with Gasteiger partial charge in [-0.3, -0.25) is 4.79 Å². The van der Waals surface area contributed by atoms with Gasteiger partial charge in [-0.25, -0.2) is 0 Å². The topological polar surface area (TPSA) is 53.6 Å². The Bertz CT molecular complexity index is 492. The van der Waals surface area contributed by atoms with Crippen LogP contribution in [-0.2, 0) is 11.3 Å². The Morgan fingerprint density at radius 1 is 1.19 bits per heavy atom. The van der Waals surface area contributed by atoms with E-state index >= 15 is 0 Å². The van der Waals surface area contributed by atoms with Gasteiger partial charge in [0, 0.05) is 19.5 Å². The van der Waals surface area contributed by atoms with Gasteiger partial charge >= 0.3 is 0 Å². The smallest absolute Gasteiger partial charge is 0.220 e. The fourth-order valence-corrected chi connectivity index (χ4v) is 2.84. The van der Waals surface area contributed by atoms with Gasteiger partial charge in [0.05, 0.1) is 0 Å². The normalized spacial score (nSPS) is 14.3. The quantitative estimate of drug-likeness (QED) is 0.662. The minimum atomic E-state index is 0. The van der Waals surface area contributed by atoms with E-state index in [0.29, 0.717) is 25.5 Å². The SMILES string of the molecule is CN(C)CCOc1ccc(CNC(=O)CCC2CCNCC2)cc1.Cl.Cl. The van der Waals surface area contributed by atoms with E-state index in [-0.39, 0.29) is 30.7 Å². The lowest BCUT2D eigenvalue weighted by Crippen LogP contribution is -2.29. The predicted molar refractivity (Wildman–Crippen MR) is 112 cm³/mol. The highest BCUT2D eigenvalue weighted by Crippen LogP contribution is 2.17. The number of carbonyl (C=O) groups is 1. The van der Waals surface area contributed by atoms with Crippen molar-refractivity contribution < 1.29 is 9.53 Å². The molecular weight excluding hydrogens is 373 g/mol. The van der Waals surface area contributed by atoms with Gasteiger partial charge in [0.1, 0.15) is 12.4 Å². The first-order valence-electron chi connectivity index (χ1n) is 8.97. The first-order valence-corrected chi connectivity index (χ1v) is 8.97. The standard InChI is InChI=1S/C19H31N3O2.2ClH/c1-22(2)13-14-24-18-6-3-17(4-7-18)15-21-19(23)8-5-16-9-11-20-12-10-16;;/h3-4,6-7,16,20H,5,8-15H2,1-2H3,(H,21,23);2*1H. The van der Waals surface area contributed by atoms with Crippen LogP contribution < -0.4 is 15.4 Å². The lowest BCUT2D eigenvalue weighted by atomic mass is 9.93. The molecule has 1 aromatic rings. The second-order valence-electron chi connectivity index (χ2n) is 6.80. The van der Waals surface area contributed by atoms with Crippen LogP contribution in [0.15, 0.2) is 24.3 Å². The molecule has 0 aliphatic carbocycles. The number of benzene rings is 1. The number of nitrogens with one attached hydrogen (secondary N) is 2. The summed E-state index contributed by atoms with van der Waals surface area (Å²) in [6, 6.07) is 7.95. The summed E-state index contributed by atoms with van der Waals surface area (Å²) >= 11 is 0. The predicted octanol–water partition coefficient (Wildman–Crippen LogP) is 2.87. The fourth-order valence-electron chi connectivity index (χ4n) is 2.84. The molecule has 1 saturated heterocycles. The summed E-state index contributed by atoms with van der Waals surface area (Å²) in [5, 5.41) is 6.37. The van der Waals surface area contributed by atoms with Crippen LogP contribution in [-0.4, -0.2) is 51.1 Å². The molecule has 1 aromatic carbocycles. The third-order valence-corrected chi connectivity index (χ3v) is 4.46. The zero-order chi connectivity index (χ0) is 17.2. The van der Waals surface area contributed by atoms with Gasteiger partial charge < -0.3 is 20.3 Å². The van der Waals surface area contributed by atoms with E-state index in [9.17, 15) is 4.79 Å². The monoisotopic (exact) mass is 405 g/mol. The third kappa shape index (κ3) is 10.2. The summed E-state index contributed by atoms with van der Waals surface area (Å²) in [4.78, 5) is 14.1. The van der Waals surface area contributed by atoms with Crippen molar-refractivity contribution in [2.45, 2.75) is 32.2 Å². The molecule has 1 heterocycles. The summed E-state index contributed by atoms with van der Waals surface area (Å²) in [5.41, 5.74) is 1.10. The molecule has 0 aromatic heterocycles. The van der Waals surface area contributed by atoms with Gasteiger partial charge in [-0.15, -0.1) is 24.8 Å². The average molecular weight is 406 g/mol. The van der Waals surface area contributed by atoms with Gasteiger partial charge in [-0.1, -0.05) is 12.1 Å². The molecule has 1 fully saturated rings. The largest absolute Gasteiger partial charge is 0.492 e. The van der Waals surface area contributed by atoms with Gasteiger partial charge in [-0.05, 0) is 70.1 Å². The molecule has 0 atom stereocenters. The molecule has 5 nitrogen and oxygen atoms in total. The Kier molecular flexibility index (Phi) is 13.6. The summed E-state index contributed by atoms with van der Waals surface area (Å²) in [7, 11) is 4.06. The maximum Gasteiger partial charge on any atom is 0.220 e. The van der Waals surface area contributed by atoms with E-state index in [1.807, 2.05) is 38.4 Å². The number of ether oxygens (including phenoxy) is 1. The Morgan fingerprint density at radius 2 is 1.85 bits per heavy atom. The first kappa shape index (κ1) is 25.0. The first-order chi connectivity index (χ1) is 11.6. The Balaban J connectivity index is 0.00000312. The average Bonchev–Trinajstić information content (AvgIpc) is 2.60. The number of amides is 1. The van der Waals surface area contributed by atoms with Crippen LogP contribution in [0.5, 0.6) is 5.75 Å². The molecule has 1 aliphatic rings. The minimum Gasteiger partial charge on any atom is -0.492 e. The molecule has 2 N–H and O–H groups in total. The van der Waals surface area contributed by atoms with Gasteiger partial charge in [0.15, 0.2) is 0 Å². The highest BCUT2D eigenvalue weighted by Gasteiger charge is 2.14. The van der Waals surface area contributed by atoms with Gasteiger partial charge in [0.25, 0.3) is 0 Å². The minimum absolute atomic E-state index is 0. The van der Waals surface area contributed by atoms with Crippen molar-refractivity contribution in [3.05, 3.63) is 29.8 Å². The number of carbonyl (C=O) groups excluding carboxylic acids is 1. The molecule has 0 unspecified atom stereocenters. The molecule has 1 aliphatic heterocycles. The second kappa shape index (κ2) is 14.1. The summed E-state index contributed by atoms with van der Waals surface area (Å²) in [6.07, 6.45) is 4.04. The van der Waals surface area contributed by atoms with Crippen molar-refractivity contribution in [1.82, 2.24) is 15.5 Å². The summed E-state index contributed by atoms with van der Waals surface area (Å²) in [6.45, 7) is 4.35. The number of piperidine rings is 1. The van der Waals surface area contributed by atoms with Crippen LogP contribution in [0.2, 0.25) is 0 Å². The molecule has 7 heteroatoms.